The smallest absolute Gasteiger partial charge is 0.188 e. The number of nitrogens with two attached hydrogens (primary N) is 1. The van der Waals surface area contributed by atoms with Crippen LogP contribution in [0, 0.1) is 5.41 Å². The van der Waals surface area contributed by atoms with Gasteiger partial charge < -0.3 is 15.4 Å². The molecule has 0 radical (unpaired) electrons. The lowest BCUT2D eigenvalue weighted by Gasteiger charge is -2.21. The van der Waals surface area contributed by atoms with E-state index >= 15 is 0 Å². The van der Waals surface area contributed by atoms with Gasteiger partial charge in [0.15, 0.2) is 5.96 Å². The minimum absolute atomic E-state index is 0. The fourth-order valence-corrected chi connectivity index (χ4v) is 1.46. The number of nitrogens with zero attached hydrogens (tertiary/aromatic N) is 1. The highest BCUT2D eigenvalue weighted by molar-refractivity contribution is 5.85. The molecule has 1 heterocycles. The van der Waals surface area contributed by atoms with Crippen LogP contribution >= 0.6 is 12.4 Å². The quantitative estimate of drug-likeness (QED) is 0.305. The second-order valence-electron chi connectivity index (χ2n) is 3.85. The summed E-state index contributed by atoms with van der Waals surface area (Å²) in [5, 5.41) is 7.40. The molecule has 1 aliphatic heterocycles. The van der Waals surface area contributed by atoms with E-state index in [0.29, 0.717) is 6.10 Å². The van der Waals surface area contributed by atoms with E-state index in [1.54, 1.807) is 0 Å². The van der Waals surface area contributed by atoms with Crippen molar-refractivity contribution in [1.82, 2.24) is 4.90 Å². The molecular formula is C10H22ClN3O. The van der Waals surface area contributed by atoms with E-state index in [0.717, 1.165) is 26.1 Å². The van der Waals surface area contributed by atoms with E-state index in [4.69, 9.17) is 15.9 Å². The van der Waals surface area contributed by atoms with Gasteiger partial charge in [-0.05, 0) is 6.42 Å². The predicted octanol–water partition coefficient (Wildman–Crippen LogP) is 1.58. The average molecular weight is 236 g/mol. The minimum atomic E-state index is 0. The topological polar surface area (TPSA) is 65.6 Å². The summed E-state index contributed by atoms with van der Waals surface area (Å²) in [7, 11) is 0. The van der Waals surface area contributed by atoms with E-state index in [-0.39, 0.29) is 18.4 Å². The molecule has 0 spiro atoms. The van der Waals surface area contributed by atoms with Gasteiger partial charge >= 0.3 is 0 Å². The van der Waals surface area contributed by atoms with Crippen LogP contribution in [0.4, 0.5) is 0 Å². The highest BCUT2D eigenvalue weighted by Gasteiger charge is 2.25. The molecule has 0 aromatic rings. The third kappa shape index (κ3) is 6.57. The van der Waals surface area contributed by atoms with Crippen LogP contribution in [-0.2, 0) is 4.74 Å². The Morgan fingerprint density at radius 1 is 1.47 bits per heavy atom. The van der Waals surface area contributed by atoms with Crippen molar-refractivity contribution in [2.75, 3.05) is 19.7 Å². The van der Waals surface area contributed by atoms with Crippen LogP contribution in [0.1, 0.15) is 32.6 Å². The van der Waals surface area contributed by atoms with Gasteiger partial charge in [0.2, 0.25) is 0 Å². The molecule has 1 rings (SSSR count). The van der Waals surface area contributed by atoms with E-state index in [1.807, 2.05) is 4.90 Å². The van der Waals surface area contributed by atoms with Crippen molar-refractivity contribution in [3.05, 3.63) is 0 Å². The fourth-order valence-electron chi connectivity index (χ4n) is 1.46. The summed E-state index contributed by atoms with van der Waals surface area (Å²) in [4.78, 5) is 1.91. The second-order valence-corrected chi connectivity index (χ2v) is 3.85. The molecule has 0 saturated carbocycles. The monoisotopic (exact) mass is 235 g/mol. The van der Waals surface area contributed by atoms with Gasteiger partial charge in [0.1, 0.15) is 0 Å². The maximum atomic E-state index is 7.40. The first kappa shape index (κ1) is 14.5. The molecule has 4 nitrogen and oxygen atoms in total. The lowest BCUT2D eigenvalue weighted by Crippen LogP contribution is -2.39. The first-order valence-electron chi connectivity index (χ1n) is 5.44. The van der Waals surface area contributed by atoms with Gasteiger partial charge in [-0.25, -0.2) is 0 Å². The third-order valence-corrected chi connectivity index (χ3v) is 2.45. The summed E-state index contributed by atoms with van der Waals surface area (Å²) in [5.74, 6) is 0.178. The standard InChI is InChI=1S/C10H21N3O.ClH/c1-2-3-4-5-6-13(10(11)12)7-9-8-14-9;/h9H,2-8H2,1H3,(H3,11,12);1H. The average Bonchev–Trinajstić information content (AvgIpc) is 2.93. The van der Waals surface area contributed by atoms with Gasteiger partial charge in [0.25, 0.3) is 0 Å². The van der Waals surface area contributed by atoms with Gasteiger partial charge in [-0.1, -0.05) is 26.2 Å². The Hall–Kier alpha value is -0.480. The maximum Gasteiger partial charge on any atom is 0.188 e. The number of rotatable bonds is 7. The van der Waals surface area contributed by atoms with Crippen molar-refractivity contribution in [3.8, 4) is 0 Å². The molecular weight excluding hydrogens is 214 g/mol. The zero-order valence-electron chi connectivity index (χ0n) is 9.37. The Morgan fingerprint density at radius 3 is 2.60 bits per heavy atom. The zero-order chi connectivity index (χ0) is 10.4. The molecule has 15 heavy (non-hydrogen) atoms. The van der Waals surface area contributed by atoms with Gasteiger partial charge in [-0.15, -0.1) is 12.4 Å². The van der Waals surface area contributed by atoms with E-state index in [1.165, 1.54) is 19.3 Å². The van der Waals surface area contributed by atoms with Crippen molar-refractivity contribution in [2.45, 2.75) is 38.7 Å². The summed E-state index contributed by atoms with van der Waals surface area (Å²) in [5.41, 5.74) is 5.48. The number of halogens is 1. The number of nitrogens with one attached hydrogen (secondary N) is 1. The van der Waals surface area contributed by atoms with E-state index in [2.05, 4.69) is 6.92 Å². The van der Waals surface area contributed by atoms with Crippen LogP contribution in [0.2, 0.25) is 0 Å². The lowest BCUT2D eigenvalue weighted by atomic mass is 10.2. The van der Waals surface area contributed by atoms with Crippen molar-refractivity contribution in [1.29, 1.82) is 5.41 Å². The molecule has 3 N–H and O–H groups in total. The van der Waals surface area contributed by atoms with Crippen LogP contribution < -0.4 is 5.73 Å². The minimum Gasteiger partial charge on any atom is -0.371 e. The summed E-state index contributed by atoms with van der Waals surface area (Å²) >= 11 is 0. The normalized spacial score (nSPS) is 18.1. The first-order valence-corrected chi connectivity index (χ1v) is 5.44. The molecule has 1 saturated heterocycles. The highest BCUT2D eigenvalue weighted by Crippen LogP contribution is 2.11. The molecule has 0 aromatic carbocycles. The number of hydrogen-bond acceptors (Lipinski definition) is 2. The molecule has 1 fully saturated rings. The number of guanidine groups is 1. The Balaban J connectivity index is 0.00000196. The zero-order valence-corrected chi connectivity index (χ0v) is 10.2. The largest absolute Gasteiger partial charge is 0.371 e. The summed E-state index contributed by atoms with van der Waals surface area (Å²) in [6, 6.07) is 0. The van der Waals surface area contributed by atoms with Crippen molar-refractivity contribution < 1.29 is 4.74 Å². The van der Waals surface area contributed by atoms with E-state index in [9.17, 15) is 0 Å². The molecule has 0 aromatic heterocycles. The second kappa shape index (κ2) is 7.77. The van der Waals surface area contributed by atoms with Crippen molar-refractivity contribution in [3.63, 3.8) is 0 Å². The van der Waals surface area contributed by atoms with Crippen LogP contribution in [0.25, 0.3) is 0 Å². The predicted molar refractivity (Wildman–Crippen MR) is 64.6 cm³/mol. The molecule has 1 aliphatic rings. The maximum absolute atomic E-state index is 7.40. The van der Waals surface area contributed by atoms with Gasteiger partial charge in [0, 0.05) is 13.1 Å². The van der Waals surface area contributed by atoms with Crippen LogP contribution in [0.15, 0.2) is 0 Å². The summed E-state index contributed by atoms with van der Waals surface area (Å²) < 4.78 is 5.12. The third-order valence-electron chi connectivity index (χ3n) is 2.45. The van der Waals surface area contributed by atoms with Crippen molar-refractivity contribution in [2.24, 2.45) is 5.73 Å². The molecule has 0 amide bonds. The highest BCUT2D eigenvalue weighted by atomic mass is 35.5. The number of ether oxygens (including phenoxy) is 1. The molecule has 1 unspecified atom stereocenters. The molecule has 5 heteroatoms. The lowest BCUT2D eigenvalue weighted by molar-refractivity contribution is 0.323. The van der Waals surface area contributed by atoms with Gasteiger partial charge in [0.05, 0.1) is 12.7 Å². The molecule has 90 valence electrons. The Labute approximate surface area is 98.1 Å². The Kier molecular flexibility index (Phi) is 7.52. The van der Waals surface area contributed by atoms with Crippen molar-refractivity contribution >= 4 is 18.4 Å². The van der Waals surface area contributed by atoms with Crippen LogP contribution in [0.5, 0.6) is 0 Å². The molecule has 0 aliphatic carbocycles. The Bertz CT molecular complexity index is 186. The number of unbranched alkanes of at least 4 members (excludes halogenated alkanes) is 3. The fraction of sp³-hybridized carbons (Fsp3) is 0.900. The summed E-state index contributed by atoms with van der Waals surface area (Å²) in [6.45, 7) is 4.72. The van der Waals surface area contributed by atoms with Crippen LogP contribution in [-0.4, -0.2) is 36.7 Å². The van der Waals surface area contributed by atoms with Gasteiger partial charge in [-0.3, -0.25) is 5.41 Å². The van der Waals surface area contributed by atoms with E-state index < -0.39 is 0 Å². The summed E-state index contributed by atoms with van der Waals surface area (Å²) in [6.07, 6.45) is 5.19. The number of epoxide rings is 1. The molecule has 0 bridgehead atoms. The number of hydrogen-bond donors (Lipinski definition) is 2. The van der Waals surface area contributed by atoms with Gasteiger partial charge in [-0.2, -0.15) is 0 Å². The van der Waals surface area contributed by atoms with Crippen LogP contribution in [0.3, 0.4) is 0 Å². The Morgan fingerprint density at radius 2 is 2.13 bits per heavy atom. The SMILES string of the molecule is CCCCCCN(CC1CO1)C(=N)N.Cl. The first-order chi connectivity index (χ1) is 6.74. The molecule has 1 atom stereocenters.